The fourth-order valence-electron chi connectivity index (χ4n) is 0.940. The van der Waals surface area contributed by atoms with Crippen LogP contribution in [0.4, 0.5) is 0 Å². The quantitative estimate of drug-likeness (QED) is 0.588. The molecule has 0 aromatic carbocycles. The van der Waals surface area contributed by atoms with E-state index in [1.807, 2.05) is 13.8 Å². The minimum atomic E-state index is 0.311. The molecule has 0 atom stereocenters. The summed E-state index contributed by atoms with van der Waals surface area (Å²) in [7, 11) is 0. The van der Waals surface area contributed by atoms with Gasteiger partial charge in [0.15, 0.2) is 0 Å². The van der Waals surface area contributed by atoms with Crippen LogP contribution in [0.5, 0.6) is 0 Å². The molecule has 0 unspecified atom stereocenters. The average Bonchev–Trinajstić information content (AvgIpc) is 2.02. The van der Waals surface area contributed by atoms with Crippen molar-refractivity contribution in [2.75, 3.05) is 13.2 Å². The molecule has 0 aliphatic rings. The van der Waals surface area contributed by atoms with E-state index < -0.39 is 0 Å². The van der Waals surface area contributed by atoms with Gasteiger partial charge in [-0.2, -0.15) is 0 Å². The smallest absolute Gasteiger partial charge is 0.0653 e. The zero-order valence-electron chi connectivity index (χ0n) is 10.2. The Kier molecular flexibility index (Phi) is 7.81. The van der Waals surface area contributed by atoms with Crippen LogP contribution in [-0.2, 0) is 9.47 Å². The van der Waals surface area contributed by atoms with Gasteiger partial charge >= 0.3 is 0 Å². The molecule has 2 nitrogen and oxygen atoms in total. The van der Waals surface area contributed by atoms with Crippen LogP contribution in [0, 0.1) is 0 Å². The molecule has 14 heavy (non-hydrogen) atoms. The molecular weight excluding hydrogens is 176 g/mol. The lowest BCUT2D eigenvalue weighted by atomic mass is 10.2. The molecule has 0 spiro atoms. The minimum Gasteiger partial charge on any atom is -0.378 e. The minimum absolute atomic E-state index is 0.311. The maximum absolute atomic E-state index is 5.46. The molecule has 0 fully saturated rings. The van der Waals surface area contributed by atoms with Gasteiger partial charge in [-0.1, -0.05) is 11.6 Å². The highest BCUT2D eigenvalue weighted by atomic mass is 16.5. The van der Waals surface area contributed by atoms with E-state index in [0.717, 1.165) is 13.0 Å². The Morgan fingerprint density at radius 1 is 1.07 bits per heavy atom. The van der Waals surface area contributed by atoms with E-state index in [9.17, 15) is 0 Å². The number of ether oxygens (including phenoxy) is 2. The fourth-order valence-corrected chi connectivity index (χ4v) is 0.940. The highest BCUT2D eigenvalue weighted by Gasteiger charge is 1.95. The van der Waals surface area contributed by atoms with Crippen LogP contribution in [-0.4, -0.2) is 25.4 Å². The van der Waals surface area contributed by atoms with E-state index in [1.165, 1.54) is 5.57 Å². The van der Waals surface area contributed by atoms with Gasteiger partial charge in [-0.15, -0.1) is 0 Å². The van der Waals surface area contributed by atoms with Gasteiger partial charge in [0.1, 0.15) is 0 Å². The normalized spacial score (nSPS) is 12.9. The van der Waals surface area contributed by atoms with E-state index in [0.29, 0.717) is 18.8 Å². The molecule has 0 saturated heterocycles. The molecule has 0 amide bonds. The van der Waals surface area contributed by atoms with Crippen molar-refractivity contribution in [1.82, 2.24) is 0 Å². The topological polar surface area (TPSA) is 18.5 Å². The van der Waals surface area contributed by atoms with Gasteiger partial charge in [-0.05, 0) is 41.0 Å². The lowest BCUT2D eigenvalue weighted by molar-refractivity contribution is 0.0806. The first kappa shape index (κ1) is 13.7. The number of hydrogen-bond acceptors (Lipinski definition) is 2. The molecule has 0 bridgehead atoms. The highest BCUT2D eigenvalue weighted by Crippen LogP contribution is 2.02. The van der Waals surface area contributed by atoms with Crippen molar-refractivity contribution >= 4 is 0 Å². The van der Waals surface area contributed by atoms with Gasteiger partial charge in [0, 0.05) is 0 Å². The van der Waals surface area contributed by atoms with Gasteiger partial charge in [-0.3, -0.25) is 0 Å². The summed E-state index contributed by atoms with van der Waals surface area (Å²) in [6.45, 7) is 11.8. The lowest BCUT2D eigenvalue weighted by Gasteiger charge is -2.08. The predicted molar refractivity (Wildman–Crippen MR) is 60.6 cm³/mol. The van der Waals surface area contributed by atoms with Gasteiger partial charge in [0.25, 0.3) is 0 Å². The van der Waals surface area contributed by atoms with Crippen molar-refractivity contribution in [2.45, 2.75) is 53.2 Å². The third-order valence-electron chi connectivity index (χ3n) is 1.81. The zero-order chi connectivity index (χ0) is 11.0. The molecule has 0 aliphatic carbocycles. The Bertz CT molecular complexity index is 160. The maximum Gasteiger partial charge on any atom is 0.0653 e. The van der Waals surface area contributed by atoms with Crippen LogP contribution in [0.1, 0.15) is 41.0 Å². The van der Waals surface area contributed by atoms with Crippen LogP contribution in [0.15, 0.2) is 11.6 Å². The maximum atomic E-state index is 5.46. The summed E-state index contributed by atoms with van der Waals surface area (Å²) < 4.78 is 10.9. The largest absolute Gasteiger partial charge is 0.378 e. The summed E-state index contributed by atoms with van der Waals surface area (Å²) in [6, 6.07) is 0. The molecule has 0 aromatic heterocycles. The first-order valence-electron chi connectivity index (χ1n) is 5.41. The SMILES string of the molecule is C/C(=C\COC(C)C)CCOC(C)C. The Hall–Kier alpha value is -0.340. The standard InChI is InChI=1S/C12H24O2/c1-10(2)13-8-6-12(5)7-9-14-11(3)4/h6,10-11H,7-9H2,1-5H3/b12-6+. The second-order valence-corrected chi connectivity index (χ2v) is 4.10. The van der Waals surface area contributed by atoms with Crippen LogP contribution in [0.3, 0.4) is 0 Å². The van der Waals surface area contributed by atoms with Gasteiger partial charge in [0.2, 0.25) is 0 Å². The summed E-state index contributed by atoms with van der Waals surface area (Å²) in [6.07, 6.45) is 3.77. The van der Waals surface area contributed by atoms with Crippen molar-refractivity contribution in [3.05, 3.63) is 11.6 Å². The van der Waals surface area contributed by atoms with Crippen LogP contribution >= 0.6 is 0 Å². The van der Waals surface area contributed by atoms with Gasteiger partial charge < -0.3 is 9.47 Å². The van der Waals surface area contributed by atoms with Crippen LogP contribution in [0.25, 0.3) is 0 Å². The molecule has 0 aliphatic heterocycles. The first-order valence-corrected chi connectivity index (χ1v) is 5.41. The summed E-state index contributed by atoms with van der Waals surface area (Å²) in [5.41, 5.74) is 1.34. The molecular formula is C12H24O2. The van der Waals surface area contributed by atoms with Gasteiger partial charge in [0.05, 0.1) is 25.4 Å². The molecule has 0 rings (SSSR count). The van der Waals surface area contributed by atoms with E-state index in [1.54, 1.807) is 0 Å². The average molecular weight is 200 g/mol. The van der Waals surface area contributed by atoms with Crippen molar-refractivity contribution in [3.63, 3.8) is 0 Å². The number of hydrogen-bond donors (Lipinski definition) is 0. The van der Waals surface area contributed by atoms with E-state index in [4.69, 9.17) is 9.47 Å². The molecule has 0 radical (unpaired) electrons. The third kappa shape index (κ3) is 9.75. The summed E-state index contributed by atoms with van der Waals surface area (Å²) in [5, 5.41) is 0. The summed E-state index contributed by atoms with van der Waals surface area (Å²) in [5.74, 6) is 0. The third-order valence-corrected chi connectivity index (χ3v) is 1.81. The lowest BCUT2D eigenvalue weighted by Crippen LogP contribution is -2.05. The Balaban J connectivity index is 3.47. The second-order valence-electron chi connectivity index (χ2n) is 4.10. The van der Waals surface area contributed by atoms with Gasteiger partial charge in [-0.25, -0.2) is 0 Å². The van der Waals surface area contributed by atoms with Crippen molar-refractivity contribution in [1.29, 1.82) is 0 Å². The van der Waals surface area contributed by atoms with Crippen LogP contribution < -0.4 is 0 Å². The van der Waals surface area contributed by atoms with Crippen molar-refractivity contribution < 1.29 is 9.47 Å². The Labute approximate surface area is 88.3 Å². The second kappa shape index (κ2) is 8.01. The van der Waals surface area contributed by atoms with E-state index in [2.05, 4.69) is 26.8 Å². The fraction of sp³-hybridized carbons (Fsp3) is 0.833. The van der Waals surface area contributed by atoms with Crippen LogP contribution in [0.2, 0.25) is 0 Å². The highest BCUT2D eigenvalue weighted by molar-refractivity contribution is 4.97. The zero-order valence-corrected chi connectivity index (χ0v) is 10.2. The molecule has 0 aromatic rings. The molecule has 0 saturated carbocycles. The number of rotatable bonds is 7. The predicted octanol–water partition coefficient (Wildman–Crippen LogP) is 3.17. The summed E-state index contributed by atoms with van der Waals surface area (Å²) >= 11 is 0. The summed E-state index contributed by atoms with van der Waals surface area (Å²) in [4.78, 5) is 0. The molecule has 0 N–H and O–H groups in total. The van der Waals surface area contributed by atoms with E-state index in [-0.39, 0.29) is 0 Å². The van der Waals surface area contributed by atoms with Crippen molar-refractivity contribution in [3.8, 4) is 0 Å². The van der Waals surface area contributed by atoms with E-state index >= 15 is 0 Å². The molecule has 2 heteroatoms. The monoisotopic (exact) mass is 200 g/mol. The van der Waals surface area contributed by atoms with Crippen molar-refractivity contribution in [2.24, 2.45) is 0 Å². The Morgan fingerprint density at radius 3 is 2.14 bits per heavy atom. The Morgan fingerprint density at radius 2 is 1.64 bits per heavy atom. The first-order chi connectivity index (χ1) is 6.52. The molecule has 0 heterocycles. The molecule has 84 valence electrons.